The summed E-state index contributed by atoms with van der Waals surface area (Å²) in [4.78, 5) is 46.7. The summed E-state index contributed by atoms with van der Waals surface area (Å²) in [7, 11) is 1.50. The molecule has 1 aliphatic rings. The third-order valence-corrected chi connectivity index (χ3v) is 7.92. The molecule has 11 heteroatoms. The molecule has 200 valence electrons. The van der Waals surface area contributed by atoms with Crippen molar-refractivity contribution in [2.75, 3.05) is 13.7 Å². The van der Waals surface area contributed by atoms with Crippen LogP contribution in [-0.4, -0.2) is 44.5 Å². The van der Waals surface area contributed by atoms with Crippen molar-refractivity contribution in [3.05, 3.63) is 109 Å². The summed E-state index contributed by atoms with van der Waals surface area (Å²) >= 11 is 9.57. The van der Waals surface area contributed by atoms with Crippen molar-refractivity contribution in [1.82, 2.24) is 24.3 Å². The normalized spacial score (nSPS) is 13.5. The molecule has 1 atom stereocenters. The van der Waals surface area contributed by atoms with Gasteiger partial charge in [-0.15, -0.1) is 0 Å². The summed E-state index contributed by atoms with van der Waals surface area (Å²) in [5, 5.41) is 3.43. The van der Waals surface area contributed by atoms with Crippen LogP contribution in [0.15, 0.2) is 76.1 Å². The van der Waals surface area contributed by atoms with E-state index in [9.17, 15) is 14.4 Å². The second-order valence-electron chi connectivity index (χ2n) is 9.09. The second kappa shape index (κ2) is 11.1. The van der Waals surface area contributed by atoms with Gasteiger partial charge in [0.25, 0.3) is 11.8 Å². The van der Waals surface area contributed by atoms with Crippen LogP contribution in [0.25, 0.3) is 5.69 Å². The molecular weight excluding hydrogens is 586 g/mol. The van der Waals surface area contributed by atoms with E-state index in [1.807, 2.05) is 37.3 Å². The van der Waals surface area contributed by atoms with Crippen LogP contribution < -0.4 is 15.7 Å². The highest BCUT2D eigenvalue weighted by molar-refractivity contribution is 9.10. The highest BCUT2D eigenvalue weighted by Gasteiger charge is 2.32. The Morgan fingerprint density at radius 2 is 1.87 bits per heavy atom. The number of fused-ring (bicyclic) bond motifs is 1. The highest BCUT2D eigenvalue weighted by Crippen LogP contribution is 2.26. The second-order valence-corrected chi connectivity index (χ2v) is 10.3. The van der Waals surface area contributed by atoms with Gasteiger partial charge in [0.15, 0.2) is 0 Å². The maximum absolute atomic E-state index is 13.8. The van der Waals surface area contributed by atoms with Crippen LogP contribution in [0.1, 0.15) is 45.1 Å². The zero-order valence-corrected chi connectivity index (χ0v) is 23.6. The molecule has 3 heterocycles. The quantitative estimate of drug-likeness (QED) is 0.344. The van der Waals surface area contributed by atoms with E-state index in [1.165, 1.54) is 17.9 Å². The van der Waals surface area contributed by atoms with E-state index in [4.69, 9.17) is 16.3 Å². The number of carbonyl (C=O) groups excluding carboxylic acids is 2. The fraction of sp³-hybridized carbons (Fsp3) is 0.214. The molecule has 39 heavy (non-hydrogen) atoms. The van der Waals surface area contributed by atoms with E-state index >= 15 is 0 Å². The van der Waals surface area contributed by atoms with E-state index in [1.54, 1.807) is 39.8 Å². The molecule has 9 nitrogen and oxygen atoms in total. The van der Waals surface area contributed by atoms with Crippen LogP contribution in [-0.2, 0) is 13.1 Å². The molecule has 4 aromatic rings. The lowest BCUT2D eigenvalue weighted by Crippen LogP contribution is -2.41. The Morgan fingerprint density at radius 1 is 1.10 bits per heavy atom. The summed E-state index contributed by atoms with van der Waals surface area (Å²) < 4.78 is 8.73. The number of imidazole rings is 1. The van der Waals surface area contributed by atoms with Gasteiger partial charge in [-0.25, -0.2) is 9.78 Å². The molecule has 0 radical (unpaired) electrons. The zero-order valence-electron chi connectivity index (χ0n) is 21.2. The Bertz CT molecular complexity index is 1600. The lowest BCUT2D eigenvalue weighted by atomic mass is 10.1. The number of amides is 2. The van der Waals surface area contributed by atoms with E-state index < -0.39 is 5.91 Å². The molecule has 1 N–H and O–H groups in total. The minimum Gasteiger partial charge on any atom is -0.481 e. The van der Waals surface area contributed by atoms with Crippen molar-refractivity contribution in [3.8, 4) is 11.6 Å². The van der Waals surface area contributed by atoms with Gasteiger partial charge >= 0.3 is 5.69 Å². The van der Waals surface area contributed by atoms with Gasteiger partial charge in [0.1, 0.15) is 5.69 Å². The Hall–Kier alpha value is -3.89. The van der Waals surface area contributed by atoms with Crippen LogP contribution in [0.3, 0.4) is 0 Å². The Balaban J connectivity index is 1.56. The fourth-order valence-electron chi connectivity index (χ4n) is 4.63. The van der Waals surface area contributed by atoms with Crippen LogP contribution >= 0.6 is 27.5 Å². The van der Waals surface area contributed by atoms with Crippen LogP contribution in [0.2, 0.25) is 5.02 Å². The van der Waals surface area contributed by atoms with Crippen LogP contribution in [0.4, 0.5) is 0 Å². The largest absolute Gasteiger partial charge is 0.481 e. The third-order valence-electron chi connectivity index (χ3n) is 6.68. The minimum absolute atomic E-state index is 0.0702. The number of carbonyl (C=O) groups is 2. The first-order valence-electron chi connectivity index (χ1n) is 12.2. The first-order chi connectivity index (χ1) is 18.8. The number of ether oxygens (including phenoxy) is 1. The minimum atomic E-state index is -0.436. The number of rotatable bonds is 6. The monoisotopic (exact) mass is 609 g/mol. The number of hydrogen-bond acceptors (Lipinski definition) is 5. The molecule has 0 unspecified atom stereocenters. The fourth-order valence-corrected chi connectivity index (χ4v) is 5.06. The van der Waals surface area contributed by atoms with Gasteiger partial charge in [0.05, 0.1) is 42.3 Å². The number of halogens is 2. The van der Waals surface area contributed by atoms with Gasteiger partial charge in [0, 0.05) is 29.2 Å². The van der Waals surface area contributed by atoms with Crippen LogP contribution in [0.5, 0.6) is 5.88 Å². The molecule has 2 aromatic carbocycles. The average molecular weight is 611 g/mol. The molecule has 5 rings (SSSR count). The zero-order chi connectivity index (χ0) is 27.7. The smallest absolute Gasteiger partial charge is 0.333 e. The molecule has 0 aliphatic carbocycles. The standard InChI is InChI=1S/C28H25BrClN5O4/c1-17(18-6-4-3-5-7-18)32-26(36)25-23-16-33(27(37)19-8-10-21(29)22(30)14-19)12-13-34(23)28(38)35(25)20-9-11-24(39-2)31-15-20/h3-11,14-15,17H,12-13,16H2,1-2H3,(H,32,36)/t17-/m1/s1. The van der Waals surface area contributed by atoms with Gasteiger partial charge in [0.2, 0.25) is 5.88 Å². The summed E-state index contributed by atoms with van der Waals surface area (Å²) in [6, 6.07) is 17.5. The number of nitrogens with one attached hydrogen (secondary N) is 1. The summed E-state index contributed by atoms with van der Waals surface area (Å²) in [6.07, 6.45) is 1.48. The number of methoxy groups -OCH3 is 1. The topological polar surface area (TPSA) is 98.5 Å². The van der Waals surface area contributed by atoms with Gasteiger partial charge in [-0.3, -0.25) is 18.7 Å². The molecule has 2 aromatic heterocycles. The van der Waals surface area contributed by atoms with E-state index in [0.717, 1.165) is 5.56 Å². The van der Waals surface area contributed by atoms with Crippen molar-refractivity contribution in [2.45, 2.75) is 26.1 Å². The Labute approximate surface area is 238 Å². The van der Waals surface area contributed by atoms with E-state index in [2.05, 4.69) is 26.2 Å². The summed E-state index contributed by atoms with van der Waals surface area (Å²) in [5.41, 5.74) is 1.97. The van der Waals surface area contributed by atoms with Crippen LogP contribution in [0, 0.1) is 0 Å². The molecule has 0 spiro atoms. The van der Waals surface area contributed by atoms with Gasteiger partial charge < -0.3 is 15.0 Å². The predicted octanol–water partition coefficient (Wildman–Crippen LogP) is 4.61. The van der Waals surface area contributed by atoms with Gasteiger partial charge in [-0.2, -0.15) is 0 Å². The Kier molecular flexibility index (Phi) is 7.58. The van der Waals surface area contributed by atoms with E-state index in [0.29, 0.717) is 38.9 Å². The first kappa shape index (κ1) is 26.7. The number of pyridine rings is 1. The first-order valence-corrected chi connectivity index (χ1v) is 13.4. The van der Waals surface area contributed by atoms with Gasteiger partial charge in [-0.05, 0) is 52.7 Å². The maximum atomic E-state index is 13.8. The number of aromatic nitrogens is 3. The molecule has 0 fully saturated rings. The molecule has 0 bridgehead atoms. The predicted molar refractivity (Wildman–Crippen MR) is 151 cm³/mol. The molecule has 0 saturated carbocycles. The number of benzene rings is 2. The molecule has 0 saturated heterocycles. The third kappa shape index (κ3) is 5.22. The average Bonchev–Trinajstić information content (AvgIpc) is 3.26. The lowest BCUT2D eigenvalue weighted by molar-refractivity contribution is 0.0706. The highest BCUT2D eigenvalue weighted by atomic mass is 79.9. The SMILES string of the molecule is COc1ccc(-n2c(C(=O)N[C@H](C)c3ccccc3)c3n(c2=O)CCN(C(=O)c2ccc(Br)c(Cl)c2)C3)cn1. The summed E-state index contributed by atoms with van der Waals surface area (Å²) in [5.74, 6) is -0.301. The molecular formula is C28H25BrClN5O4. The molecule has 2 amide bonds. The Morgan fingerprint density at radius 3 is 2.54 bits per heavy atom. The lowest BCUT2D eigenvalue weighted by Gasteiger charge is -2.28. The van der Waals surface area contributed by atoms with E-state index in [-0.39, 0.29) is 36.4 Å². The van der Waals surface area contributed by atoms with Crippen molar-refractivity contribution in [3.63, 3.8) is 0 Å². The maximum Gasteiger partial charge on any atom is 0.333 e. The molecule has 1 aliphatic heterocycles. The summed E-state index contributed by atoms with van der Waals surface area (Å²) in [6.45, 7) is 2.47. The van der Waals surface area contributed by atoms with Crippen molar-refractivity contribution < 1.29 is 14.3 Å². The number of nitrogens with zero attached hydrogens (tertiary/aromatic N) is 4. The van der Waals surface area contributed by atoms with Crippen molar-refractivity contribution in [1.29, 1.82) is 0 Å². The van der Waals surface area contributed by atoms with Gasteiger partial charge in [-0.1, -0.05) is 41.9 Å². The van der Waals surface area contributed by atoms with Crippen molar-refractivity contribution in [2.24, 2.45) is 0 Å². The number of hydrogen-bond donors (Lipinski definition) is 1. The van der Waals surface area contributed by atoms with Crippen molar-refractivity contribution >= 4 is 39.3 Å².